The molecule has 0 saturated heterocycles. The van der Waals surface area contributed by atoms with Gasteiger partial charge in [-0.25, -0.2) is 9.18 Å². The molecule has 1 atom stereocenters. The third kappa shape index (κ3) is 4.70. The van der Waals surface area contributed by atoms with Crippen LogP contribution >= 0.6 is 0 Å². The molecular formula is C16H24FNO3. The Morgan fingerprint density at radius 1 is 1.24 bits per heavy atom. The van der Waals surface area contributed by atoms with Crippen LogP contribution < -0.4 is 5.32 Å². The lowest BCUT2D eigenvalue weighted by molar-refractivity contribution is -0.148. The number of carbonyl (C=O) groups is 1. The lowest BCUT2D eigenvalue weighted by Gasteiger charge is -2.36. The number of esters is 1. The minimum atomic E-state index is -1.02. The van der Waals surface area contributed by atoms with Crippen LogP contribution in [0, 0.1) is 12.7 Å². The van der Waals surface area contributed by atoms with E-state index in [1.807, 2.05) is 13.8 Å². The highest BCUT2D eigenvalue weighted by Crippen LogP contribution is 2.28. The molecule has 0 aromatic heterocycles. The van der Waals surface area contributed by atoms with Crippen molar-refractivity contribution in [1.82, 2.24) is 0 Å². The lowest BCUT2D eigenvalue weighted by Crippen LogP contribution is -2.49. The Bertz CT molecular complexity index is 496. The molecule has 21 heavy (non-hydrogen) atoms. The molecule has 0 aliphatic rings. The molecule has 0 spiro atoms. The van der Waals surface area contributed by atoms with Crippen molar-refractivity contribution in [2.75, 3.05) is 19.5 Å². The normalized spacial score (nSPS) is 14.4. The second kappa shape index (κ2) is 6.43. The van der Waals surface area contributed by atoms with Gasteiger partial charge in [-0.3, -0.25) is 0 Å². The van der Waals surface area contributed by atoms with Gasteiger partial charge in [-0.1, -0.05) is 0 Å². The smallest absolute Gasteiger partial charge is 0.331 e. The van der Waals surface area contributed by atoms with Crippen molar-refractivity contribution in [2.45, 2.75) is 45.3 Å². The summed E-state index contributed by atoms with van der Waals surface area (Å²) in [7, 11) is 2.92. The van der Waals surface area contributed by atoms with Crippen molar-refractivity contribution in [1.29, 1.82) is 0 Å². The summed E-state index contributed by atoms with van der Waals surface area (Å²) in [4.78, 5) is 12.2. The molecule has 1 unspecified atom stereocenters. The minimum Gasteiger partial charge on any atom is -0.467 e. The number of benzene rings is 1. The Morgan fingerprint density at radius 3 is 2.33 bits per heavy atom. The molecule has 0 aliphatic carbocycles. The number of methoxy groups -OCH3 is 2. The van der Waals surface area contributed by atoms with Gasteiger partial charge < -0.3 is 14.8 Å². The van der Waals surface area contributed by atoms with Crippen LogP contribution in [0.1, 0.15) is 32.8 Å². The molecule has 0 heterocycles. The largest absolute Gasteiger partial charge is 0.467 e. The molecule has 1 rings (SSSR count). The van der Waals surface area contributed by atoms with Gasteiger partial charge in [0.25, 0.3) is 0 Å². The second-order valence-electron chi connectivity index (χ2n) is 6.11. The summed E-state index contributed by atoms with van der Waals surface area (Å²) in [6.07, 6.45) is 0.374. The molecule has 1 aromatic carbocycles. The Hall–Kier alpha value is -1.62. The summed E-state index contributed by atoms with van der Waals surface area (Å²) in [5.41, 5.74) is -0.240. The van der Waals surface area contributed by atoms with Gasteiger partial charge >= 0.3 is 5.97 Å². The van der Waals surface area contributed by atoms with Gasteiger partial charge in [0.1, 0.15) is 11.4 Å². The predicted molar refractivity (Wildman–Crippen MR) is 80.9 cm³/mol. The quantitative estimate of drug-likeness (QED) is 0.819. The number of aryl methyl sites for hydroxylation is 1. The average molecular weight is 297 g/mol. The molecule has 0 amide bonds. The van der Waals surface area contributed by atoms with E-state index in [0.29, 0.717) is 12.1 Å². The molecule has 0 fully saturated rings. The van der Waals surface area contributed by atoms with E-state index in [2.05, 4.69) is 5.32 Å². The van der Waals surface area contributed by atoms with Gasteiger partial charge in [0.15, 0.2) is 0 Å². The average Bonchev–Trinajstić information content (AvgIpc) is 2.35. The first kappa shape index (κ1) is 17.4. The molecule has 0 bridgehead atoms. The molecule has 4 nitrogen and oxygen atoms in total. The number of anilines is 1. The van der Waals surface area contributed by atoms with Crippen LogP contribution in [0.2, 0.25) is 0 Å². The zero-order valence-electron chi connectivity index (χ0n) is 13.5. The van der Waals surface area contributed by atoms with Gasteiger partial charge in [0.05, 0.1) is 12.7 Å². The second-order valence-corrected chi connectivity index (χ2v) is 6.11. The molecule has 1 N–H and O–H groups in total. The van der Waals surface area contributed by atoms with Gasteiger partial charge in [-0.2, -0.15) is 0 Å². The van der Waals surface area contributed by atoms with Gasteiger partial charge in [0, 0.05) is 19.2 Å². The highest BCUT2D eigenvalue weighted by molar-refractivity contribution is 5.84. The number of nitrogens with one attached hydrogen (secondary N) is 1. The first-order chi connectivity index (χ1) is 9.62. The van der Waals surface area contributed by atoms with Crippen molar-refractivity contribution in [3.05, 3.63) is 29.6 Å². The van der Waals surface area contributed by atoms with Crippen LogP contribution in [0.3, 0.4) is 0 Å². The maximum Gasteiger partial charge on any atom is 0.331 e. The van der Waals surface area contributed by atoms with Crippen LogP contribution in [-0.2, 0) is 14.3 Å². The third-order valence-corrected chi connectivity index (χ3v) is 3.43. The molecule has 0 saturated carbocycles. The summed E-state index contributed by atoms with van der Waals surface area (Å²) in [5, 5.41) is 3.08. The number of halogens is 1. The summed E-state index contributed by atoms with van der Waals surface area (Å²) >= 11 is 0. The predicted octanol–water partition coefficient (Wildman–Crippen LogP) is 3.29. The van der Waals surface area contributed by atoms with Gasteiger partial charge in [0.2, 0.25) is 0 Å². The molecular weight excluding hydrogens is 273 g/mol. The molecule has 118 valence electrons. The maximum absolute atomic E-state index is 13.5. The Kier molecular flexibility index (Phi) is 5.34. The van der Waals surface area contributed by atoms with Crippen LogP contribution in [-0.4, -0.2) is 31.3 Å². The van der Waals surface area contributed by atoms with Gasteiger partial charge in [-0.05, 0) is 51.5 Å². The monoisotopic (exact) mass is 297 g/mol. The van der Waals surface area contributed by atoms with E-state index in [1.54, 1.807) is 27.0 Å². The standard InChI is InChI=1S/C16H24FNO3/c1-11-7-12(17)9-13(8-11)18-16(4,14(19)20-5)10-15(2,3)21-6/h7-9,18H,10H2,1-6H3. The maximum atomic E-state index is 13.5. The number of hydrogen-bond donors (Lipinski definition) is 1. The highest BCUT2D eigenvalue weighted by Gasteiger charge is 2.40. The summed E-state index contributed by atoms with van der Waals surface area (Å²) in [6, 6.07) is 4.57. The van der Waals surface area contributed by atoms with Crippen molar-refractivity contribution in [3.8, 4) is 0 Å². The van der Waals surface area contributed by atoms with E-state index < -0.39 is 17.1 Å². The van der Waals surface area contributed by atoms with E-state index in [1.165, 1.54) is 19.2 Å². The van der Waals surface area contributed by atoms with Crippen LogP contribution in [0.25, 0.3) is 0 Å². The zero-order chi connectivity index (χ0) is 16.3. The van der Waals surface area contributed by atoms with Crippen LogP contribution in [0.15, 0.2) is 18.2 Å². The Morgan fingerprint density at radius 2 is 1.86 bits per heavy atom. The zero-order valence-corrected chi connectivity index (χ0v) is 13.5. The van der Waals surface area contributed by atoms with E-state index in [9.17, 15) is 9.18 Å². The number of rotatable bonds is 6. The summed E-state index contributed by atoms with van der Waals surface area (Å²) in [6.45, 7) is 7.28. The molecule has 0 aliphatic heterocycles. The fourth-order valence-electron chi connectivity index (χ4n) is 2.44. The summed E-state index contributed by atoms with van der Waals surface area (Å²) < 4.78 is 23.8. The Labute approximate surface area is 125 Å². The summed E-state index contributed by atoms with van der Waals surface area (Å²) in [5.74, 6) is -0.773. The fourth-order valence-corrected chi connectivity index (χ4v) is 2.44. The minimum absolute atomic E-state index is 0.351. The van der Waals surface area contributed by atoms with E-state index >= 15 is 0 Å². The van der Waals surface area contributed by atoms with E-state index in [-0.39, 0.29) is 5.82 Å². The first-order valence-electron chi connectivity index (χ1n) is 6.81. The lowest BCUT2D eigenvalue weighted by atomic mass is 9.87. The SMILES string of the molecule is COC(=O)C(C)(CC(C)(C)OC)Nc1cc(C)cc(F)c1. The topological polar surface area (TPSA) is 47.6 Å². The van der Waals surface area contributed by atoms with E-state index in [4.69, 9.17) is 9.47 Å². The van der Waals surface area contributed by atoms with Crippen molar-refractivity contribution in [2.24, 2.45) is 0 Å². The molecule has 1 aromatic rings. The first-order valence-corrected chi connectivity index (χ1v) is 6.81. The van der Waals surface area contributed by atoms with Crippen LogP contribution in [0.4, 0.5) is 10.1 Å². The van der Waals surface area contributed by atoms with Crippen LogP contribution in [0.5, 0.6) is 0 Å². The van der Waals surface area contributed by atoms with Crippen molar-refractivity contribution >= 4 is 11.7 Å². The van der Waals surface area contributed by atoms with Gasteiger partial charge in [-0.15, -0.1) is 0 Å². The number of hydrogen-bond acceptors (Lipinski definition) is 4. The van der Waals surface area contributed by atoms with E-state index in [0.717, 1.165) is 5.56 Å². The fraction of sp³-hybridized carbons (Fsp3) is 0.562. The Balaban J connectivity index is 3.10. The number of ether oxygens (including phenoxy) is 2. The highest BCUT2D eigenvalue weighted by atomic mass is 19.1. The van der Waals surface area contributed by atoms with Crippen molar-refractivity contribution in [3.63, 3.8) is 0 Å². The molecule has 5 heteroatoms. The molecule has 0 radical (unpaired) electrons. The van der Waals surface area contributed by atoms with Crippen molar-refractivity contribution < 1.29 is 18.7 Å². The number of carbonyl (C=O) groups excluding carboxylic acids is 1. The third-order valence-electron chi connectivity index (χ3n) is 3.43.